The van der Waals surface area contributed by atoms with Gasteiger partial charge in [0, 0.05) is 13.1 Å². The Hall–Kier alpha value is -1.88. The van der Waals surface area contributed by atoms with Crippen molar-refractivity contribution < 1.29 is 9.59 Å². The average Bonchev–Trinajstić information content (AvgIpc) is 3.26. The minimum absolute atomic E-state index is 0.0873. The molecule has 2 amide bonds. The van der Waals surface area contributed by atoms with E-state index in [0.29, 0.717) is 24.3 Å². The molecule has 0 heterocycles. The van der Waals surface area contributed by atoms with Crippen LogP contribution in [-0.4, -0.2) is 24.9 Å². The number of nitrogens with two attached hydrogens (primary N) is 1. The summed E-state index contributed by atoms with van der Waals surface area (Å²) < 4.78 is 0. The van der Waals surface area contributed by atoms with Gasteiger partial charge in [-0.05, 0) is 31.4 Å². The highest BCUT2D eigenvalue weighted by Crippen LogP contribution is 2.45. The Kier molecular flexibility index (Phi) is 4.39. The molecule has 0 bridgehead atoms. The molecule has 1 aliphatic carbocycles. The van der Waals surface area contributed by atoms with Crippen molar-refractivity contribution in [2.45, 2.75) is 26.2 Å². The van der Waals surface area contributed by atoms with E-state index in [4.69, 9.17) is 5.73 Å². The van der Waals surface area contributed by atoms with Crippen molar-refractivity contribution in [2.24, 2.45) is 11.1 Å². The normalized spacial score (nSPS) is 15.5. The standard InChI is InChI=1S/C15H21N3O2/c1-2-9-17-13(19)11-5-3-4-6-12(11)18-14(20)15(10-16)7-8-15/h3-6H,2,7-10,16H2,1H3,(H,17,19)(H,18,20). The average molecular weight is 275 g/mol. The number of carbonyl (C=O) groups is 2. The zero-order chi connectivity index (χ0) is 14.6. The van der Waals surface area contributed by atoms with Gasteiger partial charge in [0.2, 0.25) is 5.91 Å². The highest BCUT2D eigenvalue weighted by molar-refractivity contribution is 6.05. The van der Waals surface area contributed by atoms with Crippen molar-refractivity contribution >= 4 is 17.5 Å². The molecule has 1 aromatic rings. The maximum Gasteiger partial charge on any atom is 0.253 e. The van der Waals surface area contributed by atoms with Gasteiger partial charge in [0.25, 0.3) is 5.91 Å². The first kappa shape index (κ1) is 14.5. The van der Waals surface area contributed by atoms with Gasteiger partial charge in [-0.2, -0.15) is 0 Å². The molecule has 5 heteroatoms. The number of benzene rings is 1. The second-order valence-electron chi connectivity index (χ2n) is 5.24. The van der Waals surface area contributed by atoms with E-state index in [2.05, 4.69) is 10.6 Å². The number of amides is 2. The Balaban J connectivity index is 2.12. The van der Waals surface area contributed by atoms with Crippen LogP contribution in [0.15, 0.2) is 24.3 Å². The minimum Gasteiger partial charge on any atom is -0.352 e. The quantitative estimate of drug-likeness (QED) is 0.735. The summed E-state index contributed by atoms with van der Waals surface area (Å²) in [6.45, 7) is 2.96. The van der Waals surface area contributed by atoms with Crippen LogP contribution in [0.4, 0.5) is 5.69 Å². The van der Waals surface area contributed by atoms with Crippen molar-refractivity contribution in [2.75, 3.05) is 18.4 Å². The predicted molar refractivity (Wildman–Crippen MR) is 78.4 cm³/mol. The van der Waals surface area contributed by atoms with Crippen LogP contribution in [0.5, 0.6) is 0 Å². The molecule has 0 atom stereocenters. The van der Waals surface area contributed by atoms with Gasteiger partial charge in [-0.1, -0.05) is 19.1 Å². The van der Waals surface area contributed by atoms with E-state index in [9.17, 15) is 9.59 Å². The number of nitrogens with one attached hydrogen (secondary N) is 2. The SMILES string of the molecule is CCCNC(=O)c1ccccc1NC(=O)C1(CN)CC1. The number of anilines is 1. The van der Waals surface area contributed by atoms with Crippen molar-refractivity contribution in [3.8, 4) is 0 Å². The van der Waals surface area contributed by atoms with Crippen molar-refractivity contribution in [3.05, 3.63) is 29.8 Å². The van der Waals surface area contributed by atoms with Gasteiger partial charge in [-0.15, -0.1) is 0 Å². The van der Waals surface area contributed by atoms with Crippen LogP contribution in [0, 0.1) is 5.41 Å². The van der Waals surface area contributed by atoms with E-state index in [-0.39, 0.29) is 11.8 Å². The zero-order valence-electron chi connectivity index (χ0n) is 11.7. The summed E-state index contributed by atoms with van der Waals surface area (Å²) in [5.74, 6) is -0.254. The highest BCUT2D eigenvalue weighted by atomic mass is 16.2. The topological polar surface area (TPSA) is 84.2 Å². The van der Waals surface area contributed by atoms with Crippen LogP contribution in [0.3, 0.4) is 0 Å². The summed E-state index contributed by atoms with van der Waals surface area (Å²) in [7, 11) is 0. The van der Waals surface area contributed by atoms with Gasteiger partial charge < -0.3 is 16.4 Å². The molecular formula is C15H21N3O2. The number of para-hydroxylation sites is 1. The Labute approximate surface area is 118 Å². The predicted octanol–water partition coefficient (Wildman–Crippen LogP) is 1.50. The smallest absolute Gasteiger partial charge is 0.253 e. The van der Waals surface area contributed by atoms with Crippen LogP contribution in [0.2, 0.25) is 0 Å². The van der Waals surface area contributed by atoms with Gasteiger partial charge in [0.1, 0.15) is 0 Å². The number of carbonyl (C=O) groups excluding carboxylic acids is 2. The molecule has 1 saturated carbocycles. The number of hydrogen-bond donors (Lipinski definition) is 3. The molecule has 1 aromatic carbocycles. The first-order valence-electron chi connectivity index (χ1n) is 7.02. The van der Waals surface area contributed by atoms with E-state index in [1.807, 2.05) is 6.92 Å². The summed E-state index contributed by atoms with van der Waals surface area (Å²) >= 11 is 0. The van der Waals surface area contributed by atoms with Gasteiger partial charge in [0.15, 0.2) is 0 Å². The molecule has 2 rings (SSSR count). The second-order valence-corrected chi connectivity index (χ2v) is 5.24. The number of hydrogen-bond acceptors (Lipinski definition) is 3. The molecule has 108 valence electrons. The molecule has 0 aromatic heterocycles. The van der Waals surface area contributed by atoms with Crippen LogP contribution >= 0.6 is 0 Å². The van der Waals surface area contributed by atoms with Crippen molar-refractivity contribution in [3.63, 3.8) is 0 Å². The maximum absolute atomic E-state index is 12.2. The van der Waals surface area contributed by atoms with Crippen LogP contribution in [0.25, 0.3) is 0 Å². The van der Waals surface area contributed by atoms with Crippen LogP contribution in [-0.2, 0) is 4.79 Å². The molecule has 0 unspecified atom stereocenters. The lowest BCUT2D eigenvalue weighted by Crippen LogP contribution is -2.32. The van der Waals surface area contributed by atoms with Gasteiger partial charge in [-0.25, -0.2) is 0 Å². The molecule has 20 heavy (non-hydrogen) atoms. The van der Waals surface area contributed by atoms with Crippen LogP contribution in [0.1, 0.15) is 36.5 Å². The van der Waals surface area contributed by atoms with Gasteiger partial charge in [0.05, 0.1) is 16.7 Å². The third kappa shape index (κ3) is 2.99. The molecule has 0 spiro atoms. The molecule has 0 radical (unpaired) electrons. The van der Waals surface area contributed by atoms with E-state index < -0.39 is 5.41 Å². The third-order valence-corrected chi connectivity index (χ3v) is 3.68. The van der Waals surface area contributed by atoms with Crippen LogP contribution < -0.4 is 16.4 Å². The summed E-state index contributed by atoms with van der Waals surface area (Å²) in [4.78, 5) is 24.2. The minimum atomic E-state index is -0.424. The summed E-state index contributed by atoms with van der Waals surface area (Å²) in [6, 6.07) is 7.04. The number of rotatable bonds is 6. The lowest BCUT2D eigenvalue weighted by molar-refractivity contribution is -0.120. The fourth-order valence-corrected chi connectivity index (χ4v) is 2.05. The van der Waals surface area contributed by atoms with Crippen molar-refractivity contribution in [1.82, 2.24) is 5.32 Å². The molecule has 5 nitrogen and oxygen atoms in total. The Morgan fingerprint density at radius 3 is 2.60 bits per heavy atom. The Bertz CT molecular complexity index is 510. The molecule has 1 aliphatic rings. The van der Waals surface area contributed by atoms with E-state index in [1.54, 1.807) is 24.3 Å². The second kappa shape index (κ2) is 6.05. The van der Waals surface area contributed by atoms with Gasteiger partial charge in [-0.3, -0.25) is 9.59 Å². The Morgan fingerprint density at radius 1 is 1.30 bits per heavy atom. The first-order valence-corrected chi connectivity index (χ1v) is 7.02. The fourth-order valence-electron chi connectivity index (χ4n) is 2.05. The molecule has 0 saturated heterocycles. The first-order chi connectivity index (χ1) is 9.63. The van der Waals surface area contributed by atoms with E-state index in [0.717, 1.165) is 19.3 Å². The molecule has 4 N–H and O–H groups in total. The molecular weight excluding hydrogens is 254 g/mol. The lowest BCUT2D eigenvalue weighted by Gasteiger charge is -2.15. The Morgan fingerprint density at radius 2 is 2.00 bits per heavy atom. The van der Waals surface area contributed by atoms with E-state index in [1.165, 1.54) is 0 Å². The van der Waals surface area contributed by atoms with Crippen molar-refractivity contribution in [1.29, 1.82) is 0 Å². The molecule has 1 fully saturated rings. The summed E-state index contributed by atoms with van der Waals surface area (Å²) in [5.41, 5.74) is 6.26. The van der Waals surface area contributed by atoms with E-state index >= 15 is 0 Å². The molecule has 0 aliphatic heterocycles. The highest BCUT2D eigenvalue weighted by Gasteiger charge is 2.48. The monoisotopic (exact) mass is 275 g/mol. The summed E-state index contributed by atoms with van der Waals surface area (Å²) in [5, 5.41) is 5.66. The lowest BCUT2D eigenvalue weighted by atomic mass is 10.1. The third-order valence-electron chi connectivity index (χ3n) is 3.68. The summed E-state index contributed by atoms with van der Waals surface area (Å²) in [6.07, 6.45) is 2.51. The maximum atomic E-state index is 12.2. The largest absolute Gasteiger partial charge is 0.352 e. The fraction of sp³-hybridized carbons (Fsp3) is 0.467. The van der Waals surface area contributed by atoms with Gasteiger partial charge >= 0.3 is 0 Å². The zero-order valence-corrected chi connectivity index (χ0v) is 11.7.